The molecule has 4 aromatic rings. The molecule has 6 nitrogen and oxygen atoms in total. The first-order valence-electron chi connectivity index (χ1n) is 11.9. The lowest BCUT2D eigenvalue weighted by atomic mass is 9.99. The van der Waals surface area contributed by atoms with E-state index in [0.29, 0.717) is 11.5 Å². The molecule has 0 amide bonds. The minimum atomic E-state index is -3.28. The molecular weight excluding hydrogens is 476 g/mol. The van der Waals surface area contributed by atoms with Crippen molar-refractivity contribution in [1.29, 1.82) is 0 Å². The fraction of sp³-hybridized carbons (Fsp3) is 0.241. The highest BCUT2D eigenvalue weighted by Gasteiger charge is 2.17. The zero-order valence-electron chi connectivity index (χ0n) is 20.3. The van der Waals surface area contributed by atoms with Crippen LogP contribution in [0.5, 0.6) is 23.0 Å². The van der Waals surface area contributed by atoms with E-state index in [0.717, 1.165) is 59.3 Å². The van der Waals surface area contributed by atoms with Crippen molar-refractivity contribution in [2.75, 3.05) is 20.0 Å². The second kappa shape index (κ2) is 10.2. The first-order chi connectivity index (χ1) is 17.4. The van der Waals surface area contributed by atoms with Crippen molar-refractivity contribution in [3.8, 4) is 34.1 Å². The number of hydrogen-bond donors (Lipinski definition) is 0. The number of ether oxygens (including phenoxy) is 4. The summed E-state index contributed by atoms with van der Waals surface area (Å²) >= 11 is 0. The number of hydrogen-bond acceptors (Lipinski definition) is 6. The highest BCUT2D eigenvalue weighted by Crippen LogP contribution is 2.41. The fourth-order valence-corrected chi connectivity index (χ4v) is 4.92. The molecule has 0 radical (unpaired) electrons. The van der Waals surface area contributed by atoms with E-state index >= 15 is 0 Å². The standard InChI is InChI=1S/C29H28O6S/c1-32-24-13-17-27-21(19-24)8-16-26(20-6-14-25(15-7-20)36(2,30)31)29(27)35-23-11-9-22(10-12-23)34-28-5-3-4-18-33-28/h6-17,19,28H,3-5,18H2,1-2H3. The molecule has 0 N–H and O–H groups in total. The first-order valence-corrected chi connectivity index (χ1v) is 13.8. The smallest absolute Gasteiger partial charge is 0.199 e. The average Bonchev–Trinajstić information content (AvgIpc) is 2.90. The van der Waals surface area contributed by atoms with Gasteiger partial charge in [-0.2, -0.15) is 0 Å². The molecule has 1 atom stereocenters. The maximum Gasteiger partial charge on any atom is 0.199 e. The zero-order chi connectivity index (χ0) is 25.1. The van der Waals surface area contributed by atoms with Gasteiger partial charge >= 0.3 is 0 Å². The van der Waals surface area contributed by atoms with Gasteiger partial charge in [-0.15, -0.1) is 0 Å². The maximum atomic E-state index is 11.9. The van der Waals surface area contributed by atoms with Crippen LogP contribution in [0.15, 0.2) is 83.8 Å². The van der Waals surface area contributed by atoms with Crippen LogP contribution in [0.4, 0.5) is 0 Å². The zero-order valence-corrected chi connectivity index (χ0v) is 21.1. The van der Waals surface area contributed by atoms with Gasteiger partial charge in [0, 0.05) is 23.6 Å². The molecule has 1 unspecified atom stereocenters. The third kappa shape index (κ3) is 5.32. The largest absolute Gasteiger partial charge is 0.497 e. The molecule has 36 heavy (non-hydrogen) atoms. The number of rotatable bonds is 7. The minimum Gasteiger partial charge on any atom is -0.497 e. The summed E-state index contributed by atoms with van der Waals surface area (Å²) < 4.78 is 47.3. The fourth-order valence-electron chi connectivity index (χ4n) is 4.29. The molecule has 186 valence electrons. The highest BCUT2D eigenvalue weighted by atomic mass is 32.2. The summed E-state index contributed by atoms with van der Waals surface area (Å²) in [6.07, 6.45) is 4.06. The molecule has 0 aliphatic carbocycles. The Morgan fingerprint density at radius 1 is 0.833 bits per heavy atom. The van der Waals surface area contributed by atoms with Gasteiger partial charge in [0.05, 0.1) is 18.6 Å². The van der Waals surface area contributed by atoms with E-state index in [1.807, 2.05) is 54.6 Å². The third-order valence-corrected chi connectivity index (χ3v) is 7.35. The summed E-state index contributed by atoms with van der Waals surface area (Å²) in [6, 6.07) is 24.1. The van der Waals surface area contributed by atoms with Gasteiger partial charge in [0.1, 0.15) is 23.0 Å². The molecule has 7 heteroatoms. The number of methoxy groups -OCH3 is 1. The Labute approximate surface area is 211 Å². The van der Waals surface area contributed by atoms with Crippen molar-refractivity contribution < 1.29 is 27.4 Å². The van der Waals surface area contributed by atoms with Crippen molar-refractivity contribution in [3.63, 3.8) is 0 Å². The van der Waals surface area contributed by atoms with Gasteiger partial charge in [0.15, 0.2) is 16.1 Å². The van der Waals surface area contributed by atoms with E-state index in [9.17, 15) is 8.42 Å². The van der Waals surface area contributed by atoms with Gasteiger partial charge in [-0.1, -0.05) is 18.2 Å². The van der Waals surface area contributed by atoms with E-state index in [-0.39, 0.29) is 11.2 Å². The highest BCUT2D eigenvalue weighted by molar-refractivity contribution is 7.90. The molecule has 1 saturated heterocycles. The van der Waals surface area contributed by atoms with Gasteiger partial charge in [0.2, 0.25) is 0 Å². The third-order valence-electron chi connectivity index (χ3n) is 6.22. The molecule has 1 heterocycles. The lowest BCUT2D eigenvalue weighted by molar-refractivity contribution is -0.105. The molecule has 0 saturated carbocycles. The molecule has 0 bridgehead atoms. The normalized spacial score (nSPS) is 16.0. The summed E-state index contributed by atoms with van der Waals surface area (Å²) in [6.45, 7) is 0.728. The number of benzene rings is 4. The predicted octanol–water partition coefficient (Wildman–Crippen LogP) is 6.62. The van der Waals surface area contributed by atoms with Crippen LogP contribution in [0.25, 0.3) is 21.9 Å². The summed E-state index contributed by atoms with van der Waals surface area (Å²) in [7, 11) is -1.65. The van der Waals surface area contributed by atoms with Crippen molar-refractivity contribution >= 4 is 20.6 Å². The van der Waals surface area contributed by atoms with Crippen molar-refractivity contribution in [2.45, 2.75) is 30.4 Å². The minimum absolute atomic E-state index is 0.208. The molecule has 1 aliphatic rings. The Bertz CT molecular complexity index is 1450. The van der Waals surface area contributed by atoms with Crippen LogP contribution in [-0.4, -0.2) is 34.7 Å². The van der Waals surface area contributed by atoms with Crippen molar-refractivity contribution in [2.24, 2.45) is 0 Å². The molecular formula is C29H28O6S. The second-order valence-electron chi connectivity index (χ2n) is 8.81. The summed E-state index contributed by atoms with van der Waals surface area (Å²) in [5, 5.41) is 1.88. The summed E-state index contributed by atoms with van der Waals surface area (Å²) in [5.41, 5.74) is 1.70. The lowest BCUT2D eigenvalue weighted by Crippen LogP contribution is -2.24. The second-order valence-corrected chi connectivity index (χ2v) is 10.8. The molecule has 1 aliphatic heterocycles. The molecule has 5 rings (SSSR count). The van der Waals surface area contributed by atoms with Crippen LogP contribution in [0, 0.1) is 0 Å². The van der Waals surface area contributed by atoms with Gasteiger partial charge in [-0.25, -0.2) is 8.42 Å². The Morgan fingerprint density at radius 3 is 2.22 bits per heavy atom. The van der Waals surface area contributed by atoms with E-state index in [1.54, 1.807) is 31.4 Å². The lowest BCUT2D eigenvalue weighted by Gasteiger charge is -2.23. The first kappa shape index (κ1) is 24.2. The van der Waals surface area contributed by atoms with Crippen LogP contribution in [0.3, 0.4) is 0 Å². The average molecular weight is 505 g/mol. The Balaban J connectivity index is 1.50. The Morgan fingerprint density at radius 2 is 1.56 bits per heavy atom. The van der Waals surface area contributed by atoms with Crippen LogP contribution >= 0.6 is 0 Å². The van der Waals surface area contributed by atoms with Gasteiger partial charge in [-0.05, 0) is 84.5 Å². The predicted molar refractivity (Wildman–Crippen MR) is 140 cm³/mol. The number of sulfone groups is 1. The van der Waals surface area contributed by atoms with Gasteiger partial charge in [-0.3, -0.25) is 0 Å². The quantitative estimate of drug-likeness (QED) is 0.282. The SMILES string of the molecule is COc1ccc2c(Oc3ccc(OC4CCCCO4)cc3)c(-c3ccc(S(C)(=O)=O)cc3)ccc2c1. The van der Waals surface area contributed by atoms with Gasteiger partial charge in [0.25, 0.3) is 0 Å². The van der Waals surface area contributed by atoms with E-state index in [1.165, 1.54) is 6.26 Å². The molecule has 0 aromatic heterocycles. The maximum absolute atomic E-state index is 11.9. The Hall–Kier alpha value is -3.55. The van der Waals surface area contributed by atoms with E-state index in [4.69, 9.17) is 18.9 Å². The summed E-state index contributed by atoms with van der Waals surface area (Å²) in [4.78, 5) is 0.275. The van der Waals surface area contributed by atoms with Gasteiger partial charge < -0.3 is 18.9 Å². The summed E-state index contributed by atoms with van der Waals surface area (Å²) in [5.74, 6) is 2.81. The van der Waals surface area contributed by atoms with Crippen LogP contribution in [0.2, 0.25) is 0 Å². The van der Waals surface area contributed by atoms with E-state index < -0.39 is 9.84 Å². The molecule has 0 spiro atoms. The molecule has 4 aromatic carbocycles. The van der Waals surface area contributed by atoms with Crippen LogP contribution in [0.1, 0.15) is 19.3 Å². The van der Waals surface area contributed by atoms with Crippen molar-refractivity contribution in [1.82, 2.24) is 0 Å². The van der Waals surface area contributed by atoms with E-state index in [2.05, 4.69) is 0 Å². The monoisotopic (exact) mass is 504 g/mol. The Kier molecular flexibility index (Phi) is 6.85. The van der Waals surface area contributed by atoms with Crippen LogP contribution < -0.4 is 14.2 Å². The van der Waals surface area contributed by atoms with Crippen molar-refractivity contribution in [3.05, 3.63) is 78.9 Å². The number of fused-ring (bicyclic) bond motifs is 1. The molecule has 1 fully saturated rings. The van der Waals surface area contributed by atoms with Crippen LogP contribution in [-0.2, 0) is 14.6 Å². The topological polar surface area (TPSA) is 71.1 Å².